The van der Waals surface area contributed by atoms with E-state index in [9.17, 15) is 43.5 Å². The van der Waals surface area contributed by atoms with Crippen molar-refractivity contribution in [1.82, 2.24) is 0 Å². The van der Waals surface area contributed by atoms with Gasteiger partial charge in [0.2, 0.25) is 0 Å². The van der Waals surface area contributed by atoms with E-state index in [-0.39, 0.29) is 19.3 Å². The Kier molecular flexibility index (Phi) is 93.5. The lowest BCUT2D eigenvalue weighted by atomic mass is 10.0. The molecule has 0 aliphatic rings. The van der Waals surface area contributed by atoms with E-state index in [0.717, 1.165) is 167 Å². The van der Waals surface area contributed by atoms with Crippen LogP contribution in [0.3, 0.4) is 0 Å². The van der Waals surface area contributed by atoms with Crippen molar-refractivity contribution in [2.75, 3.05) is 39.6 Å². The molecule has 0 spiro atoms. The lowest BCUT2D eigenvalue weighted by Crippen LogP contribution is -2.30. The summed E-state index contributed by atoms with van der Waals surface area (Å²) in [5.74, 6) is -1.57. The average molecular weight is 1790 g/mol. The summed E-state index contributed by atoms with van der Waals surface area (Å²) < 4.78 is 61.7. The highest BCUT2D eigenvalue weighted by Crippen LogP contribution is 2.45. The number of hydrogen-bond acceptors (Lipinski definition) is 14. The fourth-order valence-corrected chi connectivity index (χ4v) is 15.2. The second kappa shape index (κ2) is 97.7. The van der Waals surface area contributed by atoms with Crippen molar-refractivity contribution in [3.63, 3.8) is 0 Å². The van der Waals surface area contributed by atoms with Gasteiger partial charge in [-0.05, 0) is 161 Å². The van der Waals surface area contributed by atoms with Gasteiger partial charge in [0.05, 0.1) is 26.4 Å². The molecule has 125 heavy (non-hydrogen) atoms. The Morgan fingerprint density at radius 1 is 0.232 bits per heavy atom. The topological polar surface area (TPSA) is 231 Å². The number of carbonyl (C=O) groups excluding carboxylic acids is 3. The Morgan fingerprint density at radius 3 is 0.672 bits per heavy atom. The van der Waals surface area contributed by atoms with E-state index in [1.807, 2.05) is 0 Å². The van der Waals surface area contributed by atoms with E-state index in [0.29, 0.717) is 19.3 Å². The zero-order valence-electron chi connectivity index (χ0n) is 79.2. The van der Waals surface area contributed by atoms with E-state index in [4.69, 9.17) is 32.3 Å². The molecule has 0 saturated heterocycles. The van der Waals surface area contributed by atoms with Crippen LogP contribution in [0.2, 0.25) is 0 Å². The number of hydrogen-bond donors (Lipinski definition) is 4. The number of ether oxygens (including phenoxy) is 3. The summed E-state index contributed by atoms with van der Waals surface area (Å²) in [6, 6.07) is 0. The van der Waals surface area contributed by atoms with E-state index >= 15 is 0 Å². The van der Waals surface area contributed by atoms with Gasteiger partial charge in [0.1, 0.15) is 25.4 Å². The molecule has 0 amide bonds. The first-order valence-corrected chi connectivity index (χ1v) is 53.1. The van der Waals surface area contributed by atoms with Gasteiger partial charge in [-0.3, -0.25) is 32.5 Å². The van der Waals surface area contributed by atoms with Crippen LogP contribution in [0.25, 0.3) is 0 Å². The minimum absolute atomic E-state index is 0.0976. The zero-order valence-corrected chi connectivity index (χ0v) is 81.0. The van der Waals surface area contributed by atoms with Gasteiger partial charge in [-0.2, -0.15) is 0 Å². The number of aliphatic hydroxyl groups excluding tert-OH is 2. The Morgan fingerprint density at radius 2 is 0.424 bits per heavy atom. The Bertz CT molecular complexity index is 3000. The maximum Gasteiger partial charge on any atom is 0.472 e. The Hall–Kier alpha value is -5.35. The van der Waals surface area contributed by atoms with Crippen LogP contribution in [0.4, 0.5) is 0 Å². The minimum Gasteiger partial charge on any atom is -0.463 e. The van der Waals surface area contributed by atoms with Gasteiger partial charge in [-0.1, -0.05) is 421 Å². The summed E-state index contributed by atoms with van der Waals surface area (Å²) in [5, 5.41) is 20.8. The number of esters is 3. The molecule has 0 aliphatic heterocycles. The third kappa shape index (κ3) is 99.1. The first-order chi connectivity index (χ1) is 61.2. The van der Waals surface area contributed by atoms with Crippen molar-refractivity contribution in [3.05, 3.63) is 182 Å². The SMILES string of the molecule is CC/C=C\C/C=C\C/C=C\C/C=C\C/C=C\C/C=C\CCCCCCCCCCCCCCC(=O)OCC(O)COP(=O)(O)OCC(O)COP(=O)(O)OCC(COC(=O)CCCCCCCCCCCCCCCCC/C=C\C/C=C\C/C=C\C/C=C\C/C=C\CC)OC(=O)CCCCCCCCCCCCC/C=C\C/C=C\C/C=C\C/C=C\CCCCC. The van der Waals surface area contributed by atoms with Gasteiger partial charge in [0.15, 0.2) is 6.10 Å². The first-order valence-electron chi connectivity index (χ1n) is 50.1. The van der Waals surface area contributed by atoms with Crippen LogP contribution in [0.1, 0.15) is 419 Å². The molecule has 0 rings (SSSR count). The maximum absolute atomic E-state index is 13.1. The average Bonchev–Trinajstić information content (AvgIpc) is 0.901. The Labute approximate surface area is 764 Å². The number of phosphoric ester groups is 2. The first kappa shape index (κ1) is 120. The van der Waals surface area contributed by atoms with Crippen LogP contribution >= 0.6 is 15.6 Å². The van der Waals surface area contributed by atoms with Crippen molar-refractivity contribution in [2.45, 2.75) is 437 Å². The maximum atomic E-state index is 13.1. The van der Waals surface area contributed by atoms with Crippen LogP contribution in [0, 0.1) is 0 Å². The molecule has 0 aromatic rings. The van der Waals surface area contributed by atoms with Crippen LogP contribution in [0.15, 0.2) is 182 Å². The molecule has 16 nitrogen and oxygen atoms in total. The Balaban J connectivity index is 4.64. The summed E-state index contributed by atoms with van der Waals surface area (Å²) in [5.41, 5.74) is 0. The van der Waals surface area contributed by atoms with Gasteiger partial charge in [-0.25, -0.2) is 9.13 Å². The van der Waals surface area contributed by atoms with Gasteiger partial charge < -0.3 is 34.2 Å². The predicted molar refractivity (Wildman–Crippen MR) is 528 cm³/mol. The minimum atomic E-state index is -4.95. The number of carbonyl (C=O) groups is 3. The van der Waals surface area contributed by atoms with E-state index in [1.165, 1.54) is 193 Å². The van der Waals surface area contributed by atoms with Gasteiger partial charge in [-0.15, -0.1) is 0 Å². The summed E-state index contributed by atoms with van der Waals surface area (Å²) in [7, 11) is -9.82. The molecular weight excluding hydrogens is 1600 g/mol. The zero-order chi connectivity index (χ0) is 90.7. The normalized spacial score (nSPS) is 14.5. The van der Waals surface area contributed by atoms with Crippen molar-refractivity contribution in [3.8, 4) is 0 Å². The van der Waals surface area contributed by atoms with Crippen molar-refractivity contribution < 1.29 is 75.8 Å². The molecule has 0 aromatic carbocycles. The summed E-state index contributed by atoms with van der Waals surface area (Å²) in [4.78, 5) is 59.2. The van der Waals surface area contributed by atoms with Crippen LogP contribution < -0.4 is 0 Å². The molecule has 0 bridgehead atoms. The molecule has 0 aliphatic carbocycles. The fraction of sp³-hybridized carbons (Fsp3) is 0.692. The van der Waals surface area contributed by atoms with Gasteiger partial charge in [0.25, 0.3) is 0 Å². The van der Waals surface area contributed by atoms with Gasteiger partial charge >= 0.3 is 33.6 Å². The predicted octanol–water partition coefficient (Wildman–Crippen LogP) is 31.6. The van der Waals surface area contributed by atoms with Crippen LogP contribution in [0.5, 0.6) is 0 Å². The largest absolute Gasteiger partial charge is 0.472 e. The summed E-state index contributed by atoms with van der Waals surface area (Å²) in [6.07, 6.45) is 129. The molecule has 0 aromatic heterocycles. The van der Waals surface area contributed by atoms with Gasteiger partial charge in [0, 0.05) is 19.3 Å². The van der Waals surface area contributed by atoms with Crippen molar-refractivity contribution >= 4 is 33.6 Å². The molecule has 0 heterocycles. The molecule has 716 valence electrons. The third-order valence-electron chi connectivity index (χ3n) is 21.1. The number of aliphatic hydroxyl groups is 2. The molecule has 0 saturated carbocycles. The number of phosphoric acid groups is 2. The second-order valence-electron chi connectivity index (χ2n) is 33.2. The highest BCUT2D eigenvalue weighted by molar-refractivity contribution is 7.47. The molecule has 18 heteroatoms. The monoisotopic (exact) mass is 1790 g/mol. The van der Waals surface area contributed by atoms with E-state index < -0.39 is 91.5 Å². The van der Waals surface area contributed by atoms with E-state index in [1.54, 1.807) is 0 Å². The quantitative estimate of drug-likeness (QED) is 0.0146. The molecule has 5 atom stereocenters. The smallest absolute Gasteiger partial charge is 0.463 e. The number of allylic oxidation sites excluding steroid dienone is 30. The van der Waals surface area contributed by atoms with Crippen LogP contribution in [-0.4, -0.2) is 95.9 Å². The summed E-state index contributed by atoms with van der Waals surface area (Å²) in [6.45, 7) is 2.48. The fourth-order valence-electron chi connectivity index (χ4n) is 13.6. The lowest BCUT2D eigenvalue weighted by Gasteiger charge is -2.21. The molecule has 0 radical (unpaired) electrons. The third-order valence-corrected chi connectivity index (χ3v) is 23.0. The number of rotatable bonds is 94. The summed E-state index contributed by atoms with van der Waals surface area (Å²) >= 11 is 0. The van der Waals surface area contributed by atoms with Crippen LogP contribution in [-0.2, 0) is 55.8 Å². The van der Waals surface area contributed by atoms with Crippen molar-refractivity contribution in [2.24, 2.45) is 0 Å². The highest BCUT2D eigenvalue weighted by Gasteiger charge is 2.30. The molecule has 5 unspecified atom stereocenters. The highest BCUT2D eigenvalue weighted by atomic mass is 31.2. The molecule has 4 N–H and O–H groups in total. The van der Waals surface area contributed by atoms with E-state index in [2.05, 4.69) is 203 Å². The molecule has 0 fully saturated rings. The number of unbranched alkanes of at least 4 members (excludes halogenated alkanes) is 41. The second-order valence-corrected chi connectivity index (χ2v) is 36.1. The van der Waals surface area contributed by atoms with Crippen molar-refractivity contribution in [1.29, 1.82) is 0 Å². The standard InChI is InChI=1S/C107H182O16P2/c1-4-7-10-13-16-19-22-25-28-31-34-37-40-43-46-48-50-52-55-57-60-63-66-69-72-75-78-81-84-87-90-93-105(110)117-96-102(108)97-119-124(113,114)120-98-103(109)99-121-125(115,116)122-101-104(123-107(112)95-92-89-86-83-80-77-74-71-68-65-62-59-54-45-42-39-36-33-30-27-24-21-18-15-12-9-6-3)100-118-106(111)94-91-88-85-82-79-76-73-70-67-64-61-58-56-53-51-49-47-44-41-38-35-32-29-26-23-20-17-14-11-8-5-2/h7-8,10-11,16-21,25-30,34-39,43-47,50,52,54,102-104,108-109H,4-6,9,12-15,22-24,31-33,40-42,48-49,51,53,55-101H2,1-3H3,(H,113,114)(H,115,116)/b10-7-,11-8-,19-16-,20-17-,21-18-,28-25-,29-26-,30-27-,37-34-,38-35-,39-36-,46-43-,47-44-,52-50-,54-45-. The molecular formula is C107H182O16P2. The lowest BCUT2D eigenvalue weighted by molar-refractivity contribution is -0.161.